The Kier molecular flexibility index (Phi) is 3.85. The number of halogens is 1. The first kappa shape index (κ1) is 13.1. The summed E-state index contributed by atoms with van der Waals surface area (Å²) in [5, 5.41) is 2.99. The maximum atomic E-state index is 13.7. The van der Waals surface area contributed by atoms with Gasteiger partial charge >= 0.3 is 5.97 Å². The van der Waals surface area contributed by atoms with Gasteiger partial charge in [0.25, 0.3) is 0 Å². The van der Waals surface area contributed by atoms with E-state index >= 15 is 0 Å². The van der Waals surface area contributed by atoms with Gasteiger partial charge in [0.1, 0.15) is 5.82 Å². The Morgan fingerprint density at radius 3 is 2.84 bits per heavy atom. The van der Waals surface area contributed by atoms with Crippen molar-refractivity contribution >= 4 is 11.7 Å². The molecular formula is C14H14FNO3. The number of carbonyl (C=O) groups excluding carboxylic acids is 1. The van der Waals surface area contributed by atoms with Crippen LogP contribution in [0.2, 0.25) is 0 Å². The predicted octanol–water partition coefficient (Wildman–Crippen LogP) is 3.38. The van der Waals surface area contributed by atoms with Crippen molar-refractivity contribution in [2.45, 2.75) is 13.0 Å². The fourth-order valence-electron chi connectivity index (χ4n) is 1.72. The molecule has 0 spiro atoms. The fraction of sp³-hybridized carbons (Fsp3) is 0.214. The Hall–Kier alpha value is -2.30. The summed E-state index contributed by atoms with van der Waals surface area (Å²) in [5.41, 5.74) is 1.44. The summed E-state index contributed by atoms with van der Waals surface area (Å²) < 4.78 is 23.3. The van der Waals surface area contributed by atoms with Gasteiger partial charge in [-0.05, 0) is 31.2 Å². The summed E-state index contributed by atoms with van der Waals surface area (Å²) in [6.45, 7) is 1.87. The highest BCUT2D eigenvalue weighted by Gasteiger charge is 2.13. The van der Waals surface area contributed by atoms with Crippen molar-refractivity contribution in [3.05, 3.63) is 53.7 Å². The van der Waals surface area contributed by atoms with Crippen LogP contribution in [0.3, 0.4) is 0 Å². The average molecular weight is 263 g/mol. The van der Waals surface area contributed by atoms with Gasteiger partial charge in [0, 0.05) is 5.56 Å². The summed E-state index contributed by atoms with van der Waals surface area (Å²) in [7, 11) is 1.28. The zero-order chi connectivity index (χ0) is 13.8. The zero-order valence-electron chi connectivity index (χ0n) is 10.6. The highest BCUT2D eigenvalue weighted by molar-refractivity contribution is 5.90. The molecule has 0 amide bonds. The van der Waals surface area contributed by atoms with E-state index in [9.17, 15) is 9.18 Å². The van der Waals surface area contributed by atoms with Crippen molar-refractivity contribution in [1.29, 1.82) is 0 Å². The summed E-state index contributed by atoms with van der Waals surface area (Å²) in [5.74, 6) is -0.929. The van der Waals surface area contributed by atoms with Crippen LogP contribution in [0.25, 0.3) is 0 Å². The van der Waals surface area contributed by atoms with Crippen LogP contribution in [-0.2, 0) is 4.74 Å². The van der Waals surface area contributed by atoms with Gasteiger partial charge in [-0.3, -0.25) is 0 Å². The average Bonchev–Trinajstić information content (AvgIpc) is 2.94. The molecule has 100 valence electrons. The predicted molar refractivity (Wildman–Crippen MR) is 68.5 cm³/mol. The van der Waals surface area contributed by atoms with Crippen molar-refractivity contribution in [2.24, 2.45) is 0 Å². The maximum absolute atomic E-state index is 13.7. The first-order valence-corrected chi connectivity index (χ1v) is 5.78. The van der Waals surface area contributed by atoms with Crippen LogP contribution in [-0.4, -0.2) is 13.1 Å². The Morgan fingerprint density at radius 1 is 1.42 bits per heavy atom. The van der Waals surface area contributed by atoms with Gasteiger partial charge in [-0.15, -0.1) is 0 Å². The molecular weight excluding hydrogens is 249 g/mol. The molecule has 0 bridgehead atoms. The molecule has 0 aliphatic heterocycles. The molecule has 1 heterocycles. The molecule has 1 unspecified atom stereocenters. The van der Waals surface area contributed by atoms with Crippen LogP contribution < -0.4 is 5.32 Å². The largest absolute Gasteiger partial charge is 0.472 e. The van der Waals surface area contributed by atoms with Crippen molar-refractivity contribution in [2.75, 3.05) is 12.4 Å². The number of hydrogen-bond donors (Lipinski definition) is 1. The molecule has 5 heteroatoms. The van der Waals surface area contributed by atoms with Gasteiger partial charge in [0.05, 0.1) is 36.9 Å². The molecule has 0 aliphatic rings. The molecule has 0 saturated heterocycles. The van der Waals surface area contributed by atoms with E-state index in [-0.39, 0.29) is 11.7 Å². The molecule has 2 rings (SSSR count). The number of ether oxygens (including phenoxy) is 1. The molecule has 0 fully saturated rings. The lowest BCUT2D eigenvalue weighted by Crippen LogP contribution is -2.09. The number of rotatable bonds is 4. The SMILES string of the molecule is COC(=O)c1ccc(F)c(NC(C)c2ccoc2)c1. The van der Waals surface area contributed by atoms with Crippen LogP contribution in [0, 0.1) is 5.82 Å². The van der Waals surface area contributed by atoms with Gasteiger partial charge in [0.2, 0.25) is 0 Å². The number of esters is 1. The van der Waals surface area contributed by atoms with E-state index in [1.807, 2.05) is 6.92 Å². The monoisotopic (exact) mass is 263 g/mol. The number of hydrogen-bond acceptors (Lipinski definition) is 4. The minimum atomic E-state index is -0.501. The minimum absolute atomic E-state index is 0.138. The second-order valence-electron chi connectivity index (χ2n) is 4.11. The number of benzene rings is 1. The number of carbonyl (C=O) groups is 1. The third-order valence-electron chi connectivity index (χ3n) is 2.80. The van der Waals surface area contributed by atoms with Crippen LogP contribution in [0.4, 0.5) is 10.1 Å². The van der Waals surface area contributed by atoms with Crippen LogP contribution in [0.15, 0.2) is 41.2 Å². The zero-order valence-corrected chi connectivity index (χ0v) is 10.6. The first-order valence-electron chi connectivity index (χ1n) is 5.78. The lowest BCUT2D eigenvalue weighted by molar-refractivity contribution is 0.0600. The van der Waals surface area contributed by atoms with Gasteiger partial charge < -0.3 is 14.5 Å². The van der Waals surface area contributed by atoms with Crippen LogP contribution >= 0.6 is 0 Å². The van der Waals surface area contributed by atoms with Gasteiger partial charge in [0.15, 0.2) is 0 Å². The second kappa shape index (κ2) is 5.56. The fourth-order valence-corrected chi connectivity index (χ4v) is 1.72. The Bertz CT molecular complexity index is 566. The van der Waals surface area contributed by atoms with Crippen molar-refractivity contribution < 1.29 is 18.3 Å². The molecule has 1 N–H and O–H groups in total. The highest BCUT2D eigenvalue weighted by Crippen LogP contribution is 2.23. The Balaban J connectivity index is 2.22. The molecule has 1 atom stereocenters. The van der Waals surface area contributed by atoms with Crippen molar-refractivity contribution in [3.8, 4) is 0 Å². The third-order valence-corrected chi connectivity index (χ3v) is 2.80. The minimum Gasteiger partial charge on any atom is -0.472 e. The first-order chi connectivity index (χ1) is 9.11. The summed E-state index contributed by atoms with van der Waals surface area (Å²) in [6.07, 6.45) is 3.13. The van der Waals surface area contributed by atoms with Crippen LogP contribution in [0.5, 0.6) is 0 Å². The lowest BCUT2D eigenvalue weighted by atomic mass is 10.1. The van der Waals surface area contributed by atoms with Crippen molar-refractivity contribution in [3.63, 3.8) is 0 Å². The number of anilines is 1. The molecule has 0 radical (unpaired) electrons. The van der Waals surface area contributed by atoms with Crippen molar-refractivity contribution in [1.82, 2.24) is 0 Å². The van der Waals surface area contributed by atoms with Gasteiger partial charge in [-0.25, -0.2) is 9.18 Å². The molecule has 0 aliphatic carbocycles. The Morgan fingerprint density at radius 2 is 2.21 bits per heavy atom. The number of methoxy groups -OCH3 is 1. The molecule has 2 aromatic rings. The van der Waals surface area contributed by atoms with E-state index in [1.165, 1.54) is 25.3 Å². The van der Waals surface area contributed by atoms with E-state index in [1.54, 1.807) is 18.6 Å². The third kappa shape index (κ3) is 2.93. The maximum Gasteiger partial charge on any atom is 0.337 e. The molecule has 4 nitrogen and oxygen atoms in total. The molecule has 1 aromatic heterocycles. The van der Waals surface area contributed by atoms with E-state index in [4.69, 9.17) is 4.42 Å². The summed E-state index contributed by atoms with van der Waals surface area (Å²) in [6, 6.07) is 5.70. The van der Waals surface area contributed by atoms with E-state index in [0.717, 1.165) is 5.56 Å². The van der Waals surface area contributed by atoms with Crippen LogP contribution in [0.1, 0.15) is 28.9 Å². The summed E-state index contributed by atoms with van der Waals surface area (Å²) in [4.78, 5) is 11.4. The number of nitrogens with one attached hydrogen (secondary N) is 1. The topological polar surface area (TPSA) is 51.5 Å². The highest BCUT2D eigenvalue weighted by atomic mass is 19.1. The van der Waals surface area contributed by atoms with Gasteiger partial charge in [-0.2, -0.15) is 0 Å². The molecule has 19 heavy (non-hydrogen) atoms. The standard InChI is InChI=1S/C14H14FNO3/c1-9(11-5-6-19-8-11)16-13-7-10(14(17)18-2)3-4-12(13)15/h3-9,16H,1-2H3. The molecule has 1 aromatic carbocycles. The quantitative estimate of drug-likeness (QED) is 0.859. The van der Waals surface area contributed by atoms with Gasteiger partial charge in [-0.1, -0.05) is 0 Å². The summed E-state index contributed by atoms with van der Waals surface area (Å²) >= 11 is 0. The van der Waals surface area contributed by atoms with E-state index in [0.29, 0.717) is 5.56 Å². The lowest BCUT2D eigenvalue weighted by Gasteiger charge is -2.14. The smallest absolute Gasteiger partial charge is 0.337 e. The second-order valence-corrected chi connectivity index (χ2v) is 4.11. The number of furan rings is 1. The Labute approximate surface area is 110 Å². The van der Waals surface area contributed by atoms with E-state index in [2.05, 4.69) is 10.1 Å². The molecule has 0 saturated carbocycles. The normalized spacial score (nSPS) is 11.9. The van der Waals surface area contributed by atoms with E-state index < -0.39 is 11.8 Å².